The average Bonchev–Trinajstić information content (AvgIpc) is 2.12. The number of hydrogen-bond acceptors (Lipinski definition) is 1. The molecule has 0 atom stereocenters. The highest BCUT2D eigenvalue weighted by Gasteiger charge is 2.32. The maximum Gasteiger partial charge on any atom is 0.416 e. The molecule has 2 nitrogen and oxygen atoms in total. The molecule has 0 unspecified atom stereocenters. The summed E-state index contributed by atoms with van der Waals surface area (Å²) in [5.74, 6) is -1.73. The molecule has 0 aliphatic rings. The summed E-state index contributed by atoms with van der Waals surface area (Å²) in [6.07, 6.45) is -3.04. The van der Waals surface area contributed by atoms with Crippen molar-refractivity contribution in [3.63, 3.8) is 0 Å². The molecule has 86 valence electrons. The minimum Gasteiger partial charge on any atom is -0.366 e. The van der Waals surface area contributed by atoms with Crippen LogP contribution in [-0.2, 0) is 11.0 Å². The van der Waals surface area contributed by atoms with Crippen LogP contribution in [0, 0.1) is 5.82 Å². The lowest BCUT2D eigenvalue weighted by molar-refractivity contribution is -0.137. The van der Waals surface area contributed by atoms with E-state index in [1.165, 1.54) is 0 Å². The standard InChI is InChI=1S/C10H7F4NO/c11-7-2-3-8(10(12,13)14)6(5-7)1-4-9(15)16/h1-5H,(H2,15,16). The van der Waals surface area contributed by atoms with Gasteiger partial charge in [-0.25, -0.2) is 4.39 Å². The summed E-state index contributed by atoms with van der Waals surface area (Å²) in [5.41, 5.74) is 3.28. The zero-order valence-corrected chi connectivity index (χ0v) is 7.88. The van der Waals surface area contributed by atoms with Gasteiger partial charge in [-0.05, 0) is 29.8 Å². The Morgan fingerprint density at radius 3 is 2.44 bits per heavy atom. The molecule has 0 spiro atoms. The van der Waals surface area contributed by atoms with Crippen LogP contribution >= 0.6 is 0 Å². The number of hydrogen-bond donors (Lipinski definition) is 1. The Morgan fingerprint density at radius 2 is 1.94 bits per heavy atom. The average molecular weight is 233 g/mol. The van der Waals surface area contributed by atoms with Crippen LogP contribution in [0.3, 0.4) is 0 Å². The second-order valence-corrected chi connectivity index (χ2v) is 2.97. The van der Waals surface area contributed by atoms with Gasteiger partial charge in [0, 0.05) is 6.08 Å². The first-order chi connectivity index (χ1) is 7.30. The SMILES string of the molecule is NC(=O)C=Cc1cc(F)ccc1C(F)(F)F. The second-order valence-electron chi connectivity index (χ2n) is 2.97. The van der Waals surface area contributed by atoms with E-state index in [0.29, 0.717) is 18.2 Å². The highest BCUT2D eigenvalue weighted by molar-refractivity contribution is 5.90. The van der Waals surface area contributed by atoms with E-state index in [4.69, 9.17) is 5.73 Å². The van der Waals surface area contributed by atoms with Crippen LogP contribution in [0.5, 0.6) is 0 Å². The Kier molecular flexibility index (Phi) is 3.31. The minimum absolute atomic E-state index is 0.439. The molecule has 0 saturated carbocycles. The molecular weight excluding hydrogens is 226 g/mol. The first-order valence-corrected chi connectivity index (χ1v) is 4.15. The molecule has 0 heterocycles. The Bertz CT molecular complexity index is 437. The van der Waals surface area contributed by atoms with Crippen LogP contribution in [0.2, 0.25) is 0 Å². The van der Waals surface area contributed by atoms with Crippen molar-refractivity contribution in [2.45, 2.75) is 6.18 Å². The molecule has 16 heavy (non-hydrogen) atoms. The van der Waals surface area contributed by atoms with Gasteiger partial charge in [0.1, 0.15) is 5.82 Å². The van der Waals surface area contributed by atoms with Crippen molar-refractivity contribution in [1.82, 2.24) is 0 Å². The molecule has 1 amide bonds. The highest BCUT2D eigenvalue weighted by Crippen LogP contribution is 2.32. The third-order valence-electron chi connectivity index (χ3n) is 1.75. The number of nitrogens with two attached hydrogens (primary N) is 1. The summed E-state index contributed by atoms with van der Waals surface area (Å²) in [7, 11) is 0. The highest BCUT2D eigenvalue weighted by atomic mass is 19.4. The Balaban J connectivity index is 3.24. The summed E-state index contributed by atoms with van der Waals surface area (Å²) >= 11 is 0. The van der Waals surface area contributed by atoms with Crippen molar-refractivity contribution >= 4 is 12.0 Å². The molecule has 0 aliphatic carbocycles. The zero-order valence-electron chi connectivity index (χ0n) is 7.88. The van der Waals surface area contributed by atoms with Gasteiger partial charge in [0.25, 0.3) is 0 Å². The van der Waals surface area contributed by atoms with Gasteiger partial charge < -0.3 is 5.73 Å². The van der Waals surface area contributed by atoms with Gasteiger partial charge in [0.05, 0.1) is 5.56 Å². The zero-order chi connectivity index (χ0) is 12.3. The van der Waals surface area contributed by atoms with Crippen LogP contribution in [-0.4, -0.2) is 5.91 Å². The fraction of sp³-hybridized carbons (Fsp3) is 0.100. The number of benzene rings is 1. The van der Waals surface area contributed by atoms with E-state index in [-0.39, 0.29) is 0 Å². The molecule has 0 aliphatic heterocycles. The van der Waals surface area contributed by atoms with Gasteiger partial charge in [0.2, 0.25) is 5.91 Å². The van der Waals surface area contributed by atoms with Crippen molar-refractivity contribution in [3.8, 4) is 0 Å². The molecule has 0 bridgehead atoms. The summed E-state index contributed by atoms with van der Waals surface area (Å²) in [6.45, 7) is 0. The quantitative estimate of drug-likeness (QED) is 0.618. The Hall–Kier alpha value is -1.85. The predicted molar refractivity (Wildman–Crippen MR) is 49.6 cm³/mol. The van der Waals surface area contributed by atoms with E-state index in [0.717, 1.165) is 12.2 Å². The summed E-state index contributed by atoms with van der Waals surface area (Å²) in [4.78, 5) is 10.4. The van der Waals surface area contributed by atoms with Crippen LogP contribution < -0.4 is 5.73 Å². The van der Waals surface area contributed by atoms with Gasteiger partial charge in [-0.15, -0.1) is 0 Å². The monoisotopic (exact) mass is 233 g/mol. The molecular formula is C10H7F4NO. The van der Waals surface area contributed by atoms with Crippen LogP contribution in [0.1, 0.15) is 11.1 Å². The number of carbonyl (C=O) groups excluding carboxylic acids is 1. The van der Waals surface area contributed by atoms with Crippen LogP contribution in [0.4, 0.5) is 17.6 Å². The molecule has 1 rings (SSSR count). The van der Waals surface area contributed by atoms with Crippen molar-refractivity contribution < 1.29 is 22.4 Å². The molecule has 1 aromatic carbocycles. The van der Waals surface area contributed by atoms with Crippen molar-refractivity contribution in [3.05, 3.63) is 41.2 Å². The Labute approximate surface area is 88.4 Å². The number of primary amides is 1. The van der Waals surface area contributed by atoms with Crippen LogP contribution in [0.15, 0.2) is 24.3 Å². The first kappa shape index (κ1) is 12.2. The lowest BCUT2D eigenvalue weighted by Gasteiger charge is -2.09. The largest absolute Gasteiger partial charge is 0.416 e. The number of alkyl halides is 3. The van der Waals surface area contributed by atoms with Gasteiger partial charge in [0.15, 0.2) is 0 Å². The maximum absolute atomic E-state index is 12.7. The van der Waals surface area contributed by atoms with E-state index in [1.807, 2.05) is 0 Å². The van der Waals surface area contributed by atoms with E-state index in [9.17, 15) is 22.4 Å². The summed E-state index contributed by atoms with van der Waals surface area (Å²) < 4.78 is 50.0. The molecule has 0 saturated heterocycles. The van der Waals surface area contributed by atoms with Crippen LogP contribution in [0.25, 0.3) is 6.08 Å². The first-order valence-electron chi connectivity index (χ1n) is 4.15. The normalized spacial score (nSPS) is 12.0. The minimum atomic E-state index is -4.61. The molecule has 0 radical (unpaired) electrons. The van der Waals surface area contributed by atoms with E-state index in [2.05, 4.69) is 0 Å². The van der Waals surface area contributed by atoms with Gasteiger partial charge in [-0.1, -0.05) is 0 Å². The summed E-state index contributed by atoms with van der Waals surface area (Å²) in [6, 6.07) is 1.99. The smallest absolute Gasteiger partial charge is 0.366 e. The van der Waals surface area contributed by atoms with E-state index in [1.54, 1.807) is 0 Å². The molecule has 2 N–H and O–H groups in total. The number of carbonyl (C=O) groups is 1. The fourth-order valence-corrected chi connectivity index (χ4v) is 1.10. The molecule has 0 aromatic heterocycles. The van der Waals surface area contributed by atoms with Gasteiger partial charge in [-0.3, -0.25) is 4.79 Å². The summed E-state index contributed by atoms with van der Waals surface area (Å²) in [5, 5.41) is 0. The molecule has 6 heteroatoms. The third kappa shape index (κ3) is 3.08. The van der Waals surface area contributed by atoms with Gasteiger partial charge in [-0.2, -0.15) is 13.2 Å². The van der Waals surface area contributed by atoms with Gasteiger partial charge >= 0.3 is 6.18 Å². The molecule has 0 fully saturated rings. The third-order valence-corrected chi connectivity index (χ3v) is 1.75. The molecule has 1 aromatic rings. The topological polar surface area (TPSA) is 43.1 Å². The lowest BCUT2D eigenvalue weighted by Crippen LogP contribution is -2.09. The van der Waals surface area contributed by atoms with E-state index < -0.39 is 29.0 Å². The number of rotatable bonds is 2. The predicted octanol–water partition coefficient (Wildman–Crippen LogP) is 2.34. The maximum atomic E-state index is 12.7. The second kappa shape index (κ2) is 4.34. The van der Waals surface area contributed by atoms with E-state index >= 15 is 0 Å². The fourth-order valence-electron chi connectivity index (χ4n) is 1.10. The Morgan fingerprint density at radius 1 is 1.31 bits per heavy atom. The number of halogens is 4. The van der Waals surface area contributed by atoms with Crippen molar-refractivity contribution in [2.24, 2.45) is 5.73 Å². The lowest BCUT2D eigenvalue weighted by atomic mass is 10.1. The number of amides is 1. The van der Waals surface area contributed by atoms with Crippen molar-refractivity contribution in [1.29, 1.82) is 0 Å². The van der Waals surface area contributed by atoms with Crippen molar-refractivity contribution in [2.75, 3.05) is 0 Å².